The molecule has 0 aliphatic carbocycles. The molecule has 0 aliphatic heterocycles. The van der Waals surface area contributed by atoms with Crippen molar-refractivity contribution in [2.75, 3.05) is 0 Å². The Morgan fingerprint density at radius 1 is 1.12 bits per heavy atom. The van der Waals surface area contributed by atoms with Gasteiger partial charge in [0.05, 0.1) is 0 Å². The van der Waals surface area contributed by atoms with E-state index in [-0.39, 0.29) is 0 Å². The summed E-state index contributed by atoms with van der Waals surface area (Å²) in [5.41, 5.74) is 2.21. The highest BCUT2D eigenvalue weighted by Crippen LogP contribution is 2.26. The first-order chi connectivity index (χ1) is 7.65. The molecule has 1 heterocycles. The molecule has 2 rings (SSSR count). The van der Waals surface area contributed by atoms with Crippen molar-refractivity contribution in [1.29, 1.82) is 0 Å². The van der Waals surface area contributed by atoms with Gasteiger partial charge in [0.1, 0.15) is 5.75 Å². The number of ether oxygens (including phenoxy) is 1. The first-order valence-electron chi connectivity index (χ1n) is 5.02. The van der Waals surface area contributed by atoms with E-state index in [4.69, 9.17) is 4.74 Å². The lowest BCUT2D eigenvalue weighted by molar-refractivity contribution is 0.459. The zero-order valence-electron chi connectivity index (χ0n) is 9.20. The van der Waals surface area contributed by atoms with E-state index >= 15 is 0 Å². The van der Waals surface area contributed by atoms with Gasteiger partial charge in [-0.25, -0.2) is 4.98 Å². The molecule has 0 unspecified atom stereocenters. The van der Waals surface area contributed by atoms with Gasteiger partial charge < -0.3 is 4.74 Å². The van der Waals surface area contributed by atoms with Gasteiger partial charge in [0, 0.05) is 16.7 Å². The van der Waals surface area contributed by atoms with Crippen LogP contribution in [-0.2, 0) is 0 Å². The van der Waals surface area contributed by atoms with E-state index in [2.05, 4.69) is 20.9 Å². The molecule has 3 heteroatoms. The molecule has 1 aromatic carbocycles. The molecule has 0 saturated heterocycles. The second kappa shape index (κ2) is 4.66. The minimum atomic E-state index is 0.617. The fourth-order valence-corrected chi connectivity index (χ4v) is 1.65. The van der Waals surface area contributed by atoms with Gasteiger partial charge in [0.25, 0.3) is 0 Å². The summed E-state index contributed by atoms with van der Waals surface area (Å²) >= 11 is 3.42. The minimum absolute atomic E-state index is 0.617. The molecule has 16 heavy (non-hydrogen) atoms. The largest absolute Gasteiger partial charge is 0.439 e. The maximum Gasteiger partial charge on any atom is 0.219 e. The smallest absolute Gasteiger partial charge is 0.219 e. The normalized spacial score (nSPS) is 10.2. The van der Waals surface area contributed by atoms with Gasteiger partial charge in [0.15, 0.2) is 0 Å². The molecule has 1 aromatic heterocycles. The minimum Gasteiger partial charge on any atom is -0.439 e. The summed E-state index contributed by atoms with van der Waals surface area (Å²) in [5.74, 6) is 1.44. The van der Waals surface area contributed by atoms with E-state index in [0.717, 1.165) is 21.3 Å². The van der Waals surface area contributed by atoms with Gasteiger partial charge in [0.2, 0.25) is 5.88 Å². The van der Waals surface area contributed by atoms with Crippen LogP contribution in [0.5, 0.6) is 11.6 Å². The van der Waals surface area contributed by atoms with Crippen LogP contribution in [0.25, 0.3) is 0 Å². The van der Waals surface area contributed by atoms with Crippen molar-refractivity contribution >= 4 is 15.9 Å². The molecule has 0 saturated carbocycles. The standard InChI is InChI=1S/C13H12BrNO/c1-9-3-6-13(15-8-9)16-12-7-11(14)5-4-10(12)2/h3-8H,1-2H3. The Labute approximate surface area is 103 Å². The van der Waals surface area contributed by atoms with Crippen molar-refractivity contribution in [3.8, 4) is 11.6 Å². The Morgan fingerprint density at radius 3 is 2.62 bits per heavy atom. The van der Waals surface area contributed by atoms with Crippen molar-refractivity contribution in [3.63, 3.8) is 0 Å². The number of hydrogen-bond acceptors (Lipinski definition) is 2. The Balaban J connectivity index is 2.26. The lowest BCUT2D eigenvalue weighted by Crippen LogP contribution is -1.90. The number of rotatable bonds is 2. The molecule has 0 bridgehead atoms. The van der Waals surface area contributed by atoms with Crippen molar-refractivity contribution in [2.45, 2.75) is 13.8 Å². The van der Waals surface area contributed by atoms with Crippen LogP contribution in [-0.4, -0.2) is 4.98 Å². The van der Waals surface area contributed by atoms with Crippen LogP contribution in [0, 0.1) is 13.8 Å². The van der Waals surface area contributed by atoms with E-state index < -0.39 is 0 Å². The molecule has 0 atom stereocenters. The number of halogens is 1. The van der Waals surface area contributed by atoms with E-state index in [1.54, 1.807) is 6.20 Å². The van der Waals surface area contributed by atoms with Crippen LogP contribution < -0.4 is 4.74 Å². The van der Waals surface area contributed by atoms with E-state index in [1.807, 2.05) is 44.2 Å². The zero-order chi connectivity index (χ0) is 11.5. The van der Waals surface area contributed by atoms with Crippen LogP contribution in [0.4, 0.5) is 0 Å². The van der Waals surface area contributed by atoms with Gasteiger partial charge in [-0.15, -0.1) is 0 Å². The molecule has 2 aromatic rings. The summed E-state index contributed by atoms with van der Waals surface area (Å²) in [6.45, 7) is 4.01. The predicted octanol–water partition coefficient (Wildman–Crippen LogP) is 4.25. The fourth-order valence-electron chi connectivity index (χ4n) is 1.31. The highest BCUT2D eigenvalue weighted by Gasteiger charge is 2.02. The molecule has 0 aliphatic rings. The number of nitrogens with zero attached hydrogens (tertiary/aromatic N) is 1. The molecular formula is C13H12BrNO. The average Bonchev–Trinajstić information content (AvgIpc) is 2.27. The maximum atomic E-state index is 5.70. The quantitative estimate of drug-likeness (QED) is 0.819. The highest BCUT2D eigenvalue weighted by molar-refractivity contribution is 9.10. The van der Waals surface area contributed by atoms with Crippen LogP contribution in [0.15, 0.2) is 41.0 Å². The third kappa shape index (κ3) is 2.61. The summed E-state index contributed by atoms with van der Waals surface area (Å²) in [7, 11) is 0. The molecule has 82 valence electrons. The van der Waals surface area contributed by atoms with Gasteiger partial charge in [-0.2, -0.15) is 0 Å². The zero-order valence-corrected chi connectivity index (χ0v) is 10.8. The number of aromatic nitrogens is 1. The summed E-state index contributed by atoms with van der Waals surface area (Å²) in [5, 5.41) is 0. The molecular weight excluding hydrogens is 266 g/mol. The average molecular weight is 278 g/mol. The van der Waals surface area contributed by atoms with Crippen LogP contribution in [0.3, 0.4) is 0 Å². The lowest BCUT2D eigenvalue weighted by atomic mass is 10.2. The van der Waals surface area contributed by atoms with Crippen LogP contribution >= 0.6 is 15.9 Å². The maximum absolute atomic E-state index is 5.70. The molecule has 0 amide bonds. The summed E-state index contributed by atoms with van der Waals surface area (Å²) < 4.78 is 6.70. The number of pyridine rings is 1. The highest BCUT2D eigenvalue weighted by atomic mass is 79.9. The Hall–Kier alpha value is -1.35. The van der Waals surface area contributed by atoms with E-state index in [0.29, 0.717) is 5.88 Å². The van der Waals surface area contributed by atoms with Crippen molar-refractivity contribution in [2.24, 2.45) is 0 Å². The SMILES string of the molecule is Cc1ccc(Oc2cc(Br)ccc2C)nc1. The fraction of sp³-hybridized carbons (Fsp3) is 0.154. The third-order valence-electron chi connectivity index (χ3n) is 2.25. The summed E-state index contributed by atoms with van der Waals surface area (Å²) in [6.07, 6.45) is 1.79. The summed E-state index contributed by atoms with van der Waals surface area (Å²) in [6, 6.07) is 9.79. The molecule has 0 fully saturated rings. The predicted molar refractivity (Wildman–Crippen MR) is 67.9 cm³/mol. The Bertz CT molecular complexity index is 494. The van der Waals surface area contributed by atoms with E-state index in [9.17, 15) is 0 Å². The molecule has 0 spiro atoms. The van der Waals surface area contributed by atoms with E-state index in [1.165, 1.54) is 0 Å². The monoisotopic (exact) mass is 277 g/mol. The van der Waals surface area contributed by atoms with Gasteiger partial charge in [-0.05, 0) is 37.1 Å². The number of benzene rings is 1. The molecule has 2 nitrogen and oxygen atoms in total. The third-order valence-corrected chi connectivity index (χ3v) is 2.74. The van der Waals surface area contributed by atoms with Crippen molar-refractivity contribution in [1.82, 2.24) is 4.98 Å². The number of hydrogen-bond donors (Lipinski definition) is 0. The Kier molecular flexibility index (Phi) is 3.25. The van der Waals surface area contributed by atoms with Crippen LogP contribution in [0.2, 0.25) is 0 Å². The number of aryl methyl sites for hydroxylation is 2. The first-order valence-corrected chi connectivity index (χ1v) is 5.81. The van der Waals surface area contributed by atoms with Gasteiger partial charge in [-0.1, -0.05) is 28.1 Å². The lowest BCUT2D eigenvalue weighted by Gasteiger charge is -2.08. The first kappa shape index (κ1) is 11.1. The second-order valence-electron chi connectivity index (χ2n) is 3.69. The topological polar surface area (TPSA) is 22.1 Å². The molecule has 0 N–H and O–H groups in total. The summed E-state index contributed by atoms with van der Waals surface area (Å²) in [4.78, 5) is 4.21. The molecule has 0 radical (unpaired) electrons. The van der Waals surface area contributed by atoms with Crippen LogP contribution in [0.1, 0.15) is 11.1 Å². The van der Waals surface area contributed by atoms with Crippen molar-refractivity contribution in [3.05, 3.63) is 52.1 Å². The van der Waals surface area contributed by atoms with Crippen molar-refractivity contribution < 1.29 is 4.74 Å². The van der Waals surface area contributed by atoms with Gasteiger partial charge >= 0.3 is 0 Å². The second-order valence-corrected chi connectivity index (χ2v) is 4.60. The Morgan fingerprint density at radius 2 is 1.94 bits per heavy atom. The van der Waals surface area contributed by atoms with Gasteiger partial charge in [-0.3, -0.25) is 0 Å².